The summed E-state index contributed by atoms with van der Waals surface area (Å²) in [6, 6.07) is 7.42. The number of guanidine groups is 1. The van der Waals surface area contributed by atoms with E-state index in [0.717, 1.165) is 30.8 Å². The van der Waals surface area contributed by atoms with Gasteiger partial charge in [0.1, 0.15) is 5.82 Å². The molecule has 0 spiro atoms. The molecule has 1 aliphatic carbocycles. The minimum absolute atomic E-state index is 0.143. The molecule has 2 N–H and O–H groups in total. The van der Waals surface area contributed by atoms with Crippen molar-refractivity contribution in [3.63, 3.8) is 0 Å². The Hall–Kier alpha value is -2.31. The van der Waals surface area contributed by atoms with Gasteiger partial charge in [-0.2, -0.15) is 0 Å². The third-order valence-corrected chi connectivity index (χ3v) is 5.00. The van der Waals surface area contributed by atoms with Crippen molar-refractivity contribution in [1.82, 2.24) is 15.5 Å². The highest BCUT2D eigenvalue weighted by Crippen LogP contribution is 2.41. The maximum absolute atomic E-state index is 13.9. The summed E-state index contributed by atoms with van der Waals surface area (Å²) in [5, 5.41) is 6.81. The van der Waals surface area contributed by atoms with Crippen molar-refractivity contribution >= 4 is 12.1 Å². The Morgan fingerprint density at radius 2 is 2.04 bits per heavy atom. The molecule has 0 radical (unpaired) electrons. The van der Waals surface area contributed by atoms with Gasteiger partial charge in [0, 0.05) is 38.1 Å². The summed E-state index contributed by atoms with van der Waals surface area (Å²) in [4.78, 5) is 17.8. The lowest BCUT2D eigenvalue weighted by molar-refractivity contribution is 0.0963. The second-order valence-electron chi connectivity index (χ2n) is 6.79. The lowest BCUT2D eigenvalue weighted by Gasteiger charge is -2.32. The fraction of sp³-hybridized carbons (Fsp3) is 0.579. The quantitative estimate of drug-likeness (QED) is 0.638. The molecule has 1 saturated carbocycles. The molecule has 1 saturated heterocycles. The van der Waals surface area contributed by atoms with E-state index >= 15 is 0 Å². The first-order valence-corrected chi connectivity index (χ1v) is 9.28. The minimum Gasteiger partial charge on any atom is -0.450 e. The highest BCUT2D eigenvalue weighted by atomic mass is 19.1. The van der Waals surface area contributed by atoms with Crippen molar-refractivity contribution < 1.29 is 13.9 Å². The number of aliphatic imine (C=N–C) groups is 1. The van der Waals surface area contributed by atoms with Crippen LogP contribution in [-0.2, 0) is 4.74 Å². The van der Waals surface area contributed by atoms with Crippen LogP contribution in [0.3, 0.4) is 0 Å². The zero-order chi connectivity index (χ0) is 18.5. The molecule has 1 aromatic carbocycles. The van der Waals surface area contributed by atoms with Crippen LogP contribution in [0.2, 0.25) is 0 Å². The van der Waals surface area contributed by atoms with Gasteiger partial charge in [-0.05, 0) is 37.8 Å². The number of likely N-dealkylation sites (tertiary alicyclic amines) is 1. The molecule has 2 aliphatic rings. The number of carbonyl (C=O) groups excluding carboxylic acids is 1. The molecule has 7 heteroatoms. The van der Waals surface area contributed by atoms with Crippen molar-refractivity contribution in [2.24, 2.45) is 4.99 Å². The summed E-state index contributed by atoms with van der Waals surface area (Å²) in [6.07, 6.45) is 2.37. The largest absolute Gasteiger partial charge is 0.450 e. The predicted octanol–water partition coefficient (Wildman–Crippen LogP) is 2.47. The van der Waals surface area contributed by atoms with Crippen molar-refractivity contribution in [3.8, 4) is 0 Å². The van der Waals surface area contributed by atoms with Gasteiger partial charge in [0.25, 0.3) is 0 Å². The highest BCUT2D eigenvalue weighted by molar-refractivity contribution is 5.81. The zero-order valence-electron chi connectivity index (χ0n) is 15.4. The topological polar surface area (TPSA) is 66.0 Å². The van der Waals surface area contributed by atoms with E-state index in [4.69, 9.17) is 4.74 Å². The molecule has 1 aliphatic heterocycles. The number of ether oxygens (including phenoxy) is 1. The zero-order valence-corrected chi connectivity index (χ0v) is 15.4. The lowest BCUT2D eigenvalue weighted by Crippen LogP contribution is -2.50. The Morgan fingerprint density at radius 3 is 2.69 bits per heavy atom. The van der Waals surface area contributed by atoms with Crippen molar-refractivity contribution in [2.45, 2.75) is 44.2 Å². The van der Waals surface area contributed by atoms with Crippen LogP contribution in [0, 0.1) is 5.82 Å². The van der Waals surface area contributed by atoms with Crippen LogP contribution in [0.15, 0.2) is 29.3 Å². The smallest absolute Gasteiger partial charge is 0.409 e. The molecule has 142 valence electrons. The molecule has 1 heterocycles. The third-order valence-electron chi connectivity index (χ3n) is 5.00. The average Bonchev–Trinajstić information content (AvgIpc) is 3.41. The van der Waals surface area contributed by atoms with Crippen molar-refractivity contribution in [2.75, 3.05) is 26.7 Å². The van der Waals surface area contributed by atoms with Crippen molar-refractivity contribution in [3.05, 3.63) is 35.6 Å². The number of nitrogens with one attached hydrogen (secondary N) is 2. The molecule has 2 unspecified atom stereocenters. The van der Waals surface area contributed by atoms with E-state index in [-0.39, 0.29) is 29.9 Å². The number of hydrogen-bond donors (Lipinski definition) is 2. The SMILES string of the molecule is CCOC(=O)N1CCC(NC(=NC)NC2CC2c2ccccc2F)CC1. The molecule has 6 nitrogen and oxygen atoms in total. The maximum atomic E-state index is 13.9. The molecular weight excluding hydrogens is 335 g/mol. The molecule has 26 heavy (non-hydrogen) atoms. The predicted molar refractivity (Wildman–Crippen MR) is 98.8 cm³/mol. The van der Waals surface area contributed by atoms with Crippen LogP contribution in [0.25, 0.3) is 0 Å². The molecule has 2 fully saturated rings. The number of amides is 1. The van der Waals surface area contributed by atoms with E-state index < -0.39 is 0 Å². The molecule has 1 amide bonds. The summed E-state index contributed by atoms with van der Waals surface area (Å²) in [6.45, 7) is 3.57. The molecule has 0 aromatic heterocycles. The van der Waals surface area contributed by atoms with Gasteiger partial charge in [-0.25, -0.2) is 9.18 Å². The van der Waals surface area contributed by atoms with Crippen LogP contribution in [0.4, 0.5) is 9.18 Å². The van der Waals surface area contributed by atoms with Crippen LogP contribution >= 0.6 is 0 Å². The Morgan fingerprint density at radius 1 is 1.31 bits per heavy atom. The summed E-state index contributed by atoms with van der Waals surface area (Å²) in [7, 11) is 1.74. The molecular formula is C19H27FN4O2. The third kappa shape index (κ3) is 4.45. The Bertz CT molecular complexity index is 659. The van der Waals surface area contributed by atoms with Gasteiger partial charge in [-0.3, -0.25) is 4.99 Å². The summed E-state index contributed by atoms with van der Waals surface area (Å²) >= 11 is 0. The van der Waals surface area contributed by atoms with Gasteiger partial charge in [0.05, 0.1) is 6.61 Å². The second-order valence-corrected chi connectivity index (χ2v) is 6.79. The first-order chi connectivity index (χ1) is 12.6. The standard InChI is InChI=1S/C19H27FN4O2/c1-3-26-19(25)24-10-8-13(9-11-24)22-18(21-2)23-17-12-15(17)14-6-4-5-7-16(14)20/h4-7,13,15,17H,3,8-12H2,1-2H3,(H2,21,22,23). The number of nitrogens with zero attached hydrogens (tertiary/aromatic N) is 2. The Kier molecular flexibility index (Phi) is 5.96. The number of piperidine rings is 1. The second kappa shape index (κ2) is 8.38. The summed E-state index contributed by atoms with van der Waals surface area (Å²) < 4.78 is 18.9. The fourth-order valence-corrected chi connectivity index (χ4v) is 3.43. The van der Waals surface area contributed by atoms with Gasteiger partial charge in [-0.1, -0.05) is 18.2 Å². The molecule has 3 rings (SSSR count). The summed E-state index contributed by atoms with van der Waals surface area (Å²) in [5.41, 5.74) is 0.767. The normalized spacial score (nSPS) is 23.5. The van der Waals surface area contributed by atoms with E-state index in [0.29, 0.717) is 19.7 Å². The van der Waals surface area contributed by atoms with Crippen LogP contribution in [0.1, 0.15) is 37.7 Å². The van der Waals surface area contributed by atoms with E-state index in [1.165, 1.54) is 6.07 Å². The number of hydrogen-bond acceptors (Lipinski definition) is 3. The van der Waals surface area contributed by atoms with E-state index in [1.807, 2.05) is 19.1 Å². The Balaban J connectivity index is 1.45. The lowest BCUT2D eigenvalue weighted by atomic mass is 10.1. The number of carbonyl (C=O) groups is 1. The monoisotopic (exact) mass is 362 g/mol. The fourth-order valence-electron chi connectivity index (χ4n) is 3.43. The van der Waals surface area contributed by atoms with E-state index in [1.54, 1.807) is 18.0 Å². The van der Waals surface area contributed by atoms with Crippen LogP contribution < -0.4 is 10.6 Å². The summed E-state index contributed by atoms with van der Waals surface area (Å²) in [5.74, 6) is 0.792. The number of halogens is 1. The van der Waals surface area contributed by atoms with Gasteiger partial charge < -0.3 is 20.3 Å². The number of rotatable bonds is 4. The number of benzene rings is 1. The molecule has 0 bridgehead atoms. The van der Waals surface area contributed by atoms with Crippen LogP contribution in [-0.4, -0.2) is 55.8 Å². The Labute approximate surface area is 153 Å². The molecule has 1 aromatic rings. The minimum atomic E-state index is -0.237. The average molecular weight is 362 g/mol. The van der Waals surface area contributed by atoms with Gasteiger partial charge >= 0.3 is 6.09 Å². The maximum Gasteiger partial charge on any atom is 0.409 e. The molecule has 2 atom stereocenters. The first-order valence-electron chi connectivity index (χ1n) is 9.28. The van der Waals surface area contributed by atoms with E-state index in [2.05, 4.69) is 15.6 Å². The van der Waals surface area contributed by atoms with Crippen molar-refractivity contribution in [1.29, 1.82) is 0 Å². The highest BCUT2D eigenvalue weighted by Gasteiger charge is 2.40. The first kappa shape index (κ1) is 18.5. The van der Waals surface area contributed by atoms with Gasteiger partial charge in [-0.15, -0.1) is 0 Å². The van der Waals surface area contributed by atoms with Crippen LogP contribution in [0.5, 0.6) is 0 Å². The van der Waals surface area contributed by atoms with Gasteiger partial charge in [0.2, 0.25) is 0 Å². The van der Waals surface area contributed by atoms with Gasteiger partial charge in [0.15, 0.2) is 5.96 Å². The van der Waals surface area contributed by atoms with E-state index in [9.17, 15) is 9.18 Å².